The van der Waals surface area contributed by atoms with Crippen molar-refractivity contribution in [1.82, 2.24) is 0 Å². The van der Waals surface area contributed by atoms with Crippen LogP contribution >= 0.6 is 0 Å². The number of hydrogen-bond acceptors (Lipinski definition) is 1. The summed E-state index contributed by atoms with van der Waals surface area (Å²) in [6.45, 7) is 0. The van der Waals surface area contributed by atoms with Crippen molar-refractivity contribution in [1.29, 1.82) is 0 Å². The first kappa shape index (κ1) is 7.24. The van der Waals surface area contributed by atoms with Crippen LogP contribution in [-0.4, -0.2) is 11.5 Å². The van der Waals surface area contributed by atoms with Crippen molar-refractivity contribution < 1.29 is 0 Å². The molecule has 0 nitrogen and oxygen atoms in total. The van der Waals surface area contributed by atoms with Crippen molar-refractivity contribution in [2.24, 2.45) is 5.92 Å². The van der Waals surface area contributed by atoms with Crippen LogP contribution in [0.4, 0.5) is 0 Å². The van der Waals surface area contributed by atoms with Gasteiger partial charge in [-0.15, -0.1) is 21.8 Å². The second kappa shape index (κ2) is 3.34. The van der Waals surface area contributed by atoms with Crippen molar-refractivity contribution in [3.63, 3.8) is 0 Å². The highest BCUT2D eigenvalue weighted by Crippen LogP contribution is 2.14. The third kappa shape index (κ3) is 2.08. The minimum atomic E-state index is 0.221. The highest BCUT2D eigenvalue weighted by molar-refractivity contribution is 8.28. The number of rotatable bonds is 0. The Morgan fingerprint density at radius 1 is 1.67 bits per heavy atom. The third-order valence-corrected chi connectivity index (χ3v) is 3.97. The molecule has 1 aliphatic rings. The molecule has 2 heteroatoms. The van der Waals surface area contributed by atoms with Gasteiger partial charge in [0.2, 0.25) is 0 Å². The Labute approximate surface area is 63.6 Å². The molecule has 2 unspecified atom stereocenters. The first-order chi connectivity index (χ1) is 4.33. The molecule has 0 radical (unpaired) electrons. The van der Waals surface area contributed by atoms with Crippen LogP contribution < -0.4 is 0 Å². The van der Waals surface area contributed by atoms with Gasteiger partial charge in [-0.25, -0.2) is 0 Å². The first-order valence-corrected chi connectivity index (χ1v) is 5.63. The molecule has 1 saturated heterocycles. The van der Waals surface area contributed by atoms with E-state index in [2.05, 4.69) is 5.92 Å². The zero-order valence-corrected chi connectivity index (χ0v) is 6.93. The third-order valence-electron chi connectivity index (χ3n) is 1.55. The van der Waals surface area contributed by atoms with Crippen LogP contribution in [0.3, 0.4) is 0 Å². The van der Waals surface area contributed by atoms with Crippen LogP contribution in [-0.2, 0) is 20.6 Å². The summed E-state index contributed by atoms with van der Waals surface area (Å²) in [5.74, 6) is 5.61. The molecule has 1 heterocycles. The molecule has 50 valence electrons. The average Bonchev–Trinajstić information content (AvgIpc) is 1.88. The predicted octanol–water partition coefficient (Wildman–Crippen LogP) is 1.11. The Bertz CT molecular complexity index is 155. The zero-order valence-electron chi connectivity index (χ0n) is 5.30. The quantitative estimate of drug-likeness (QED) is 0.476. The summed E-state index contributed by atoms with van der Waals surface area (Å²) in [7, 11) is 0.221. The summed E-state index contributed by atoms with van der Waals surface area (Å²) >= 11 is 5.16. The van der Waals surface area contributed by atoms with Crippen molar-refractivity contribution >= 4 is 20.6 Å². The lowest BCUT2D eigenvalue weighted by atomic mass is 10.1. The molecule has 0 bridgehead atoms. The fourth-order valence-electron chi connectivity index (χ4n) is 1.01. The van der Waals surface area contributed by atoms with Crippen LogP contribution in [0, 0.1) is 18.3 Å². The molecule has 2 atom stereocenters. The van der Waals surface area contributed by atoms with Crippen LogP contribution in [0.2, 0.25) is 0 Å². The highest BCUT2D eigenvalue weighted by Gasteiger charge is 2.12. The molecule has 1 rings (SSSR count). The van der Waals surface area contributed by atoms with E-state index >= 15 is 0 Å². The molecule has 1 fully saturated rings. The van der Waals surface area contributed by atoms with Crippen LogP contribution in [0.1, 0.15) is 12.8 Å². The van der Waals surface area contributed by atoms with Gasteiger partial charge in [-0.1, -0.05) is 11.2 Å². The molecule has 0 aromatic rings. The Morgan fingerprint density at radius 3 is 2.89 bits per heavy atom. The summed E-state index contributed by atoms with van der Waals surface area (Å²) in [6.07, 6.45) is 7.73. The average molecular weight is 158 g/mol. The molecule has 1 aliphatic heterocycles. The maximum atomic E-state index is 5.27. The molecule has 9 heavy (non-hydrogen) atoms. The van der Waals surface area contributed by atoms with Crippen molar-refractivity contribution in [3.8, 4) is 12.3 Å². The number of hydrogen-bond donors (Lipinski definition) is 0. The van der Waals surface area contributed by atoms with E-state index in [1.54, 1.807) is 0 Å². The van der Waals surface area contributed by atoms with Gasteiger partial charge in [0.25, 0.3) is 0 Å². The van der Waals surface area contributed by atoms with E-state index in [4.69, 9.17) is 17.6 Å². The molecular weight excluding hydrogens is 148 g/mol. The van der Waals surface area contributed by atoms with Gasteiger partial charge in [-0.2, -0.15) is 0 Å². The topological polar surface area (TPSA) is 0 Å². The SMILES string of the molecule is C#CC1CCCS(=S)C1. The summed E-state index contributed by atoms with van der Waals surface area (Å²) < 4.78 is 0. The van der Waals surface area contributed by atoms with Crippen LogP contribution in [0.15, 0.2) is 0 Å². The maximum absolute atomic E-state index is 5.27. The summed E-state index contributed by atoms with van der Waals surface area (Å²) in [5.41, 5.74) is 0. The standard InChI is InChI=1S/C7H10S2/c1-2-7-4-3-5-9(8)6-7/h1,7H,3-6H2. The second-order valence-corrected chi connectivity index (χ2v) is 5.35. The van der Waals surface area contributed by atoms with E-state index in [1.165, 1.54) is 18.6 Å². The smallest absolute Gasteiger partial charge is 0.0294 e. The predicted molar refractivity (Wildman–Crippen MR) is 46.0 cm³/mol. The van der Waals surface area contributed by atoms with Gasteiger partial charge in [-0.3, -0.25) is 0 Å². The van der Waals surface area contributed by atoms with Gasteiger partial charge in [-0.05, 0) is 18.6 Å². The minimum Gasteiger partial charge on any atom is -0.120 e. The minimum absolute atomic E-state index is 0.221. The number of terminal acetylenes is 1. The van der Waals surface area contributed by atoms with E-state index in [0.717, 1.165) is 5.75 Å². The summed E-state index contributed by atoms with van der Waals surface area (Å²) in [4.78, 5) is 0. The van der Waals surface area contributed by atoms with Crippen molar-refractivity contribution in [2.75, 3.05) is 11.5 Å². The van der Waals surface area contributed by atoms with Gasteiger partial charge < -0.3 is 0 Å². The summed E-state index contributed by atoms with van der Waals surface area (Å²) in [5, 5.41) is 0. The van der Waals surface area contributed by atoms with E-state index < -0.39 is 0 Å². The Kier molecular flexibility index (Phi) is 2.68. The summed E-state index contributed by atoms with van der Waals surface area (Å²) in [6, 6.07) is 0. The zero-order chi connectivity index (χ0) is 6.69. The lowest BCUT2D eigenvalue weighted by molar-refractivity contribution is 0.647. The molecule has 0 aromatic carbocycles. The Morgan fingerprint density at radius 2 is 2.44 bits per heavy atom. The molecule has 0 aromatic heterocycles. The van der Waals surface area contributed by atoms with Gasteiger partial charge in [0.1, 0.15) is 0 Å². The van der Waals surface area contributed by atoms with E-state index in [9.17, 15) is 0 Å². The largest absolute Gasteiger partial charge is 0.120 e. The fourth-order valence-corrected chi connectivity index (χ4v) is 3.23. The molecule has 0 N–H and O–H groups in total. The van der Waals surface area contributed by atoms with Crippen LogP contribution in [0.25, 0.3) is 0 Å². The Balaban J connectivity index is 2.43. The normalized spacial score (nSPS) is 35.4. The first-order valence-electron chi connectivity index (χ1n) is 3.14. The van der Waals surface area contributed by atoms with Crippen molar-refractivity contribution in [2.45, 2.75) is 12.8 Å². The fraction of sp³-hybridized carbons (Fsp3) is 0.714. The van der Waals surface area contributed by atoms with Gasteiger partial charge in [0, 0.05) is 11.7 Å². The van der Waals surface area contributed by atoms with Crippen LogP contribution in [0.5, 0.6) is 0 Å². The maximum Gasteiger partial charge on any atom is 0.0294 e. The van der Waals surface area contributed by atoms with Gasteiger partial charge >= 0.3 is 0 Å². The molecule has 0 amide bonds. The lowest BCUT2D eigenvalue weighted by Gasteiger charge is -2.17. The molecule has 0 aliphatic carbocycles. The van der Waals surface area contributed by atoms with Crippen molar-refractivity contribution in [3.05, 3.63) is 0 Å². The lowest BCUT2D eigenvalue weighted by Crippen LogP contribution is -2.17. The molecular formula is C7H10S2. The molecule has 0 saturated carbocycles. The van der Waals surface area contributed by atoms with Gasteiger partial charge in [0.15, 0.2) is 0 Å². The monoisotopic (exact) mass is 158 g/mol. The van der Waals surface area contributed by atoms with Gasteiger partial charge in [0.05, 0.1) is 0 Å². The second-order valence-electron chi connectivity index (χ2n) is 2.32. The highest BCUT2D eigenvalue weighted by atomic mass is 32.8. The molecule has 0 spiro atoms. The van der Waals surface area contributed by atoms with E-state index in [-0.39, 0.29) is 9.45 Å². The van der Waals surface area contributed by atoms with E-state index in [1.807, 2.05) is 0 Å². The Hall–Kier alpha value is 0.130. The van der Waals surface area contributed by atoms with E-state index in [0.29, 0.717) is 5.92 Å².